The molecule has 2 N–H and O–H groups in total. The van der Waals surface area contributed by atoms with E-state index in [-0.39, 0.29) is 0 Å². The van der Waals surface area contributed by atoms with E-state index >= 15 is 0 Å². The average Bonchev–Trinajstić information content (AvgIpc) is 2.98. The molecule has 252 valence electrons. The van der Waals surface area contributed by atoms with Crippen molar-refractivity contribution in [2.24, 2.45) is 0 Å². The Morgan fingerprint density at radius 1 is 0.333 bits per heavy atom. The Hall–Kier alpha value is -1.32. The number of rotatable bonds is 32. The highest BCUT2D eigenvalue weighted by Crippen LogP contribution is 2.15. The standard InChI is InChI=1S/2C18H36O2.C2H4/c2*1-2-3-4-5-6-7-8-9-10-11-12-13-14-15-16-17-18(19)20;1-2/h2*2-17H2,1H3,(H,19,20);1-2H2. The van der Waals surface area contributed by atoms with Gasteiger partial charge in [0.1, 0.15) is 0 Å². The summed E-state index contributed by atoms with van der Waals surface area (Å²) in [5, 5.41) is 17.0. The van der Waals surface area contributed by atoms with E-state index in [9.17, 15) is 9.59 Å². The van der Waals surface area contributed by atoms with Crippen LogP contribution in [-0.4, -0.2) is 22.2 Å². The summed E-state index contributed by atoms with van der Waals surface area (Å²) < 4.78 is 0. The van der Waals surface area contributed by atoms with Gasteiger partial charge in [-0.05, 0) is 12.8 Å². The maximum absolute atomic E-state index is 10.3. The van der Waals surface area contributed by atoms with Gasteiger partial charge >= 0.3 is 11.9 Å². The van der Waals surface area contributed by atoms with E-state index in [4.69, 9.17) is 10.2 Å². The molecule has 0 aliphatic rings. The van der Waals surface area contributed by atoms with Crippen LogP contribution in [-0.2, 0) is 9.59 Å². The first kappa shape index (κ1) is 45.1. The summed E-state index contributed by atoms with van der Waals surface area (Å²) in [5.74, 6) is -1.31. The highest BCUT2D eigenvalue weighted by atomic mass is 16.4. The summed E-state index contributed by atoms with van der Waals surface area (Å²) in [6.45, 7) is 10.5. The fraction of sp³-hybridized carbons (Fsp3) is 0.895. The van der Waals surface area contributed by atoms with Crippen molar-refractivity contribution in [2.75, 3.05) is 0 Å². The van der Waals surface area contributed by atoms with E-state index in [2.05, 4.69) is 27.0 Å². The highest BCUT2D eigenvalue weighted by Gasteiger charge is 1.98. The molecule has 0 heterocycles. The Bertz CT molecular complexity index is 461. The van der Waals surface area contributed by atoms with Gasteiger partial charge < -0.3 is 10.2 Å². The first-order chi connectivity index (χ1) is 20.5. The van der Waals surface area contributed by atoms with Gasteiger partial charge in [0, 0.05) is 12.8 Å². The van der Waals surface area contributed by atoms with Crippen molar-refractivity contribution >= 4 is 11.9 Å². The highest BCUT2D eigenvalue weighted by molar-refractivity contribution is 5.66. The van der Waals surface area contributed by atoms with E-state index in [1.54, 1.807) is 0 Å². The van der Waals surface area contributed by atoms with Crippen molar-refractivity contribution in [2.45, 2.75) is 219 Å². The molecule has 0 aromatic carbocycles. The van der Waals surface area contributed by atoms with Crippen molar-refractivity contribution < 1.29 is 19.8 Å². The lowest BCUT2D eigenvalue weighted by Gasteiger charge is -2.03. The minimum atomic E-state index is -0.653. The third-order valence-electron chi connectivity index (χ3n) is 7.99. The van der Waals surface area contributed by atoms with Gasteiger partial charge in [-0.15, -0.1) is 13.2 Å². The maximum Gasteiger partial charge on any atom is 0.303 e. The summed E-state index contributed by atoms with van der Waals surface area (Å²) in [4.78, 5) is 20.7. The average molecular weight is 597 g/mol. The number of hydrogen-bond acceptors (Lipinski definition) is 2. The summed E-state index contributed by atoms with van der Waals surface area (Å²) >= 11 is 0. The molecule has 0 bridgehead atoms. The normalized spacial score (nSPS) is 10.4. The van der Waals surface area contributed by atoms with Crippen LogP contribution in [0.5, 0.6) is 0 Å². The summed E-state index contributed by atoms with van der Waals surface area (Å²) in [6, 6.07) is 0. The van der Waals surface area contributed by atoms with Crippen LogP contribution < -0.4 is 0 Å². The van der Waals surface area contributed by atoms with E-state index < -0.39 is 11.9 Å². The minimum Gasteiger partial charge on any atom is -0.481 e. The molecule has 0 aliphatic carbocycles. The smallest absolute Gasteiger partial charge is 0.303 e. The number of carboxylic acid groups (broad SMARTS) is 2. The van der Waals surface area contributed by atoms with Crippen LogP contribution in [0.25, 0.3) is 0 Å². The second-order valence-corrected chi connectivity index (χ2v) is 12.2. The molecule has 0 aromatic rings. The molecule has 0 saturated carbocycles. The Balaban J connectivity index is -0.000000683. The molecule has 0 aliphatic heterocycles. The molecule has 0 radical (unpaired) electrons. The van der Waals surface area contributed by atoms with Crippen molar-refractivity contribution in [3.63, 3.8) is 0 Å². The molecule has 0 saturated heterocycles. The molecule has 0 amide bonds. The largest absolute Gasteiger partial charge is 0.481 e. The third kappa shape index (κ3) is 51.4. The van der Waals surface area contributed by atoms with E-state index in [1.807, 2.05) is 0 Å². The summed E-state index contributed by atoms with van der Waals surface area (Å²) in [6.07, 6.45) is 40.4. The van der Waals surface area contributed by atoms with Crippen molar-refractivity contribution in [3.8, 4) is 0 Å². The van der Waals surface area contributed by atoms with Crippen LogP contribution in [0.4, 0.5) is 0 Å². The van der Waals surface area contributed by atoms with Crippen molar-refractivity contribution in [1.82, 2.24) is 0 Å². The zero-order valence-electron chi connectivity index (χ0n) is 28.8. The second kappa shape index (κ2) is 44.1. The maximum atomic E-state index is 10.3. The number of unbranched alkanes of at least 4 members (excludes halogenated alkanes) is 28. The Morgan fingerprint density at radius 2 is 0.476 bits per heavy atom. The Kier molecular flexibility index (Phi) is 47.4. The predicted molar refractivity (Wildman–Crippen MR) is 186 cm³/mol. The zero-order chi connectivity index (χ0) is 31.8. The second-order valence-electron chi connectivity index (χ2n) is 12.2. The van der Waals surface area contributed by atoms with Gasteiger partial charge in [0.2, 0.25) is 0 Å². The molecule has 0 unspecified atom stereocenters. The first-order valence-corrected chi connectivity index (χ1v) is 18.5. The number of hydrogen-bond donors (Lipinski definition) is 2. The molecular weight excluding hydrogens is 520 g/mol. The van der Waals surface area contributed by atoms with Crippen LogP contribution in [0.2, 0.25) is 0 Å². The Morgan fingerprint density at radius 3 is 0.619 bits per heavy atom. The lowest BCUT2D eigenvalue weighted by Crippen LogP contribution is -1.93. The van der Waals surface area contributed by atoms with Crippen LogP contribution in [0.3, 0.4) is 0 Å². The fourth-order valence-electron chi connectivity index (χ4n) is 5.30. The van der Waals surface area contributed by atoms with E-state index in [1.165, 1.54) is 167 Å². The molecule has 42 heavy (non-hydrogen) atoms. The number of carboxylic acids is 2. The van der Waals surface area contributed by atoms with Gasteiger partial charge in [0.05, 0.1) is 0 Å². The summed E-state index contributed by atoms with van der Waals surface area (Å²) in [5.41, 5.74) is 0. The quantitative estimate of drug-likeness (QED) is 0.0598. The van der Waals surface area contributed by atoms with Crippen LogP contribution in [0, 0.1) is 0 Å². The molecule has 0 spiro atoms. The monoisotopic (exact) mass is 597 g/mol. The predicted octanol–water partition coefficient (Wildman–Crippen LogP) is 13.5. The SMILES string of the molecule is C=C.CCCCCCCCCCCCCCCCCC(=O)O.CCCCCCCCCCCCCCCCCC(=O)O. The molecule has 4 nitrogen and oxygen atoms in total. The lowest BCUT2D eigenvalue weighted by molar-refractivity contribution is -0.138. The van der Waals surface area contributed by atoms with Crippen LogP contribution in [0.1, 0.15) is 219 Å². The molecule has 0 atom stereocenters. The van der Waals surface area contributed by atoms with Gasteiger partial charge in [-0.2, -0.15) is 0 Å². The molecular formula is C38H76O4. The Labute approximate surface area is 263 Å². The van der Waals surface area contributed by atoms with Gasteiger partial charge in [-0.25, -0.2) is 0 Å². The van der Waals surface area contributed by atoms with Gasteiger partial charge in [0.25, 0.3) is 0 Å². The van der Waals surface area contributed by atoms with Gasteiger partial charge in [-0.3, -0.25) is 9.59 Å². The zero-order valence-corrected chi connectivity index (χ0v) is 28.8. The fourth-order valence-corrected chi connectivity index (χ4v) is 5.30. The number of carbonyl (C=O) groups is 2. The van der Waals surface area contributed by atoms with Gasteiger partial charge in [-0.1, -0.05) is 194 Å². The molecule has 0 rings (SSSR count). The topological polar surface area (TPSA) is 74.6 Å². The summed E-state index contributed by atoms with van der Waals surface area (Å²) in [7, 11) is 0. The van der Waals surface area contributed by atoms with E-state index in [0.717, 1.165) is 25.7 Å². The third-order valence-corrected chi connectivity index (χ3v) is 7.99. The van der Waals surface area contributed by atoms with E-state index in [0.29, 0.717) is 12.8 Å². The van der Waals surface area contributed by atoms with Crippen LogP contribution in [0.15, 0.2) is 13.2 Å². The van der Waals surface area contributed by atoms with Crippen molar-refractivity contribution in [1.29, 1.82) is 0 Å². The first-order valence-electron chi connectivity index (χ1n) is 18.5. The van der Waals surface area contributed by atoms with Crippen LogP contribution >= 0.6 is 0 Å². The lowest BCUT2D eigenvalue weighted by atomic mass is 10.0. The van der Waals surface area contributed by atoms with Crippen molar-refractivity contribution in [3.05, 3.63) is 13.2 Å². The minimum absolute atomic E-state index is 0.345. The molecule has 4 heteroatoms. The molecule has 0 fully saturated rings. The van der Waals surface area contributed by atoms with Gasteiger partial charge in [0.15, 0.2) is 0 Å². The molecule has 0 aromatic heterocycles. The number of aliphatic carboxylic acids is 2.